The van der Waals surface area contributed by atoms with Gasteiger partial charge in [0.2, 0.25) is 0 Å². The lowest BCUT2D eigenvalue weighted by Gasteiger charge is -2.20. The van der Waals surface area contributed by atoms with Crippen LogP contribution >= 0.6 is 11.6 Å². The summed E-state index contributed by atoms with van der Waals surface area (Å²) in [6, 6.07) is 10.3. The van der Waals surface area contributed by atoms with Crippen molar-refractivity contribution in [2.24, 2.45) is 5.73 Å². The van der Waals surface area contributed by atoms with Gasteiger partial charge in [0.05, 0.1) is 16.1 Å². The van der Waals surface area contributed by atoms with E-state index in [9.17, 15) is 22.8 Å². The Bertz CT molecular complexity index is 1060. The smallest absolute Gasteiger partial charge is 0.338 e. The number of esters is 1. The van der Waals surface area contributed by atoms with Crippen molar-refractivity contribution in [3.8, 4) is 0 Å². The predicted octanol–water partition coefficient (Wildman–Crippen LogP) is 1.91. The topological polar surface area (TPSA) is 136 Å². The Morgan fingerprint density at radius 1 is 1.14 bits per heavy atom. The molecular formula is C18H18ClN3O6S. The van der Waals surface area contributed by atoms with Crippen molar-refractivity contribution in [1.82, 2.24) is 5.32 Å². The van der Waals surface area contributed by atoms with E-state index in [0.29, 0.717) is 10.7 Å². The van der Waals surface area contributed by atoms with Crippen molar-refractivity contribution in [1.29, 1.82) is 0 Å². The molecule has 0 bridgehead atoms. The molecule has 0 radical (unpaired) electrons. The van der Waals surface area contributed by atoms with E-state index < -0.39 is 34.0 Å². The summed E-state index contributed by atoms with van der Waals surface area (Å²) in [4.78, 5) is 34.4. The molecule has 0 aliphatic heterocycles. The summed E-state index contributed by atoms with van der Waals surface area (Å²) in [5.74, 6) is -1.85. The van der Waals surface area contributed by atoms with Gasteiger partial charge in [-0.3, -0.25) is 14.4 Å². The van der Waals surface area contributed by atoms with Crippen LogP contribution in [0.15, 0.2) is 53.4 Å². The van der Waals surface area contributed by atoms with Crippen molar-refractivity contribution < 1.29 is 27.5 Å². The quantitative estimate of drug-likeness (QED) is 0.660. The zero-order chi connectivity index (χ0) is 21.8. The van der Waals surface area contributed by atoms with E-state index in [-0.39, 0.29) is 10.5 Å². The van der Waals surface area contributed by atoms with Crippen molar-refractivity contribution >= 4 is 45.2 Å². The number of imide groups is 1. The number of benzene rings is 2. The Labute approximate surface area is 172 Å². The first kappa shape index (κ1) is 22.2. The van der Waals surface area contributed by atoms with E-state index >= 15 is 0 Å². The van der Waals surface area contributed by atoms with Gasteiger partial charge in [0.1, 0.15) is 0 Å². The van der Waals surface area contributed by atoms with Crippen LogP contribution in [0.5, 0.6) is 0 Å². The van der Waals surface area contributed by atoms with Crippen molar-refractivity contribution in [2.75, 3.05) is 11.4 Å². The van der Waals surface area contributed by atoms with E-state index in [1.807, 2.05) is 0 Å². The number of urea groups is 1. The number of sulfonamides is 1. The molecule has 154 valence electrons. The highest BCUT2D eigenvalue weighted by Crippen LogP contribution is 2.25. The predicted molar refractivity (Wildman–Crippen MR) is 106 cm³/mol. The number of nitrogens with two attached hydrogens (primary N) is 1. The molecule has 0 aliphatic rings. The minimum Gasteiger partial charge on any atom is -0.449 e. The SMILES string of the molecule is CC(OC(=O)c1cccc(S(=O)(=O)N(C)c2cccc(Cl)c2)c1)C(=O)NC(N)=O. The van der Waals surface area contributed by atoms with Crippen molar-refractivity contribution in [2.45, 2.75) is 17.9 Å². The fourth-order valence-corrected chi connectivity index (χ4v) is 3.68. The maximum atomic E-state index is 12.9. The summed E-state index contributed by atoms with van der Waals surface area (Å²) in [6.45, 7) is 1.24. The summed E-state index contributed by atoms with van der Waals surface area (Å²) in [6.07, 6.45) is -1.32. The molecule has 0 aromatic heterocycles. The molecule has 0 saturated carbocycles. The second-order valence-corrected chi connectivity index (χ2v) is 8.29. The van der Waals surface area contributed by atoms with Crippen LogP contribution in [-0.2, 0) is 19.6 Å². The number of carbonyl (C=O) groups excluding carboxylic acids is 3. The first-order valence-electron chi connectivity index (χ1n) is 8.18. The molecule has 0 spiro atoms. The monoisotopic (exact) mass is 439 g/mol. The second-order valence-electron chi connectivity index (χ2n) is 5.88. The molecule has 29 heavy (non-hydrogen) atoms. The van der Waals surface area contributed by atoms with Gasteiger partial charge in [-0.25, -0.2) is 18.0 Å². The molecular weight excluding hydrogens is 422 g/mol. The number of carbonyl (C=O) groups is 3. The average molecular weight is 440 g/mol. The van der Waals surface area contributed by atoms with Gasteiger partial charge in [0.25, 0.3) is 15.9 Å². The fraction of sp³-hybridized carbons (Fsp3) is 0.167. The molecule has 1 atom stereocenters. The van der Waals surface area contributed by atoms with Gasteiger partial charge in [-0.15, -0.1) is 0 Å². The minimum absolute atomic E-state index is 0.0932. The number of rotatable bonds is 6. The number of nitrogens with one attached hydrogen (secondary N) is 1. The minimum atomic E-state index is -4.00. The van der Waals surface area contributed by atoms with E-state index in [0.717, 1.165) is 10.4 Å². The number of hydrogen-bond donors (Lipinski definition) is 2. The Kier molecular flexibility index (Phi) is 6.83. The third kappa shape index (κ3) is 5.46. The molecule has 2 aromatic rings. The largest absolute Gasteiger partial charge is 0.449 e. The molecule has 11 heteroatoms. The van der Waals surface area contributed by atoms with E-state index in [4.69, 9.17) is 22.1 Å². The molecule has 0 fully saturated rings. The molecule has 9 nitrogen and oxygen atoms in total. The fourth-order valence-electron chi connectivity index (χ4n) is 2.26. The second kappa shape index (κ2) is 8.93. The Morgan fingerprint density at radius 3 is 2.41 bits per heavy atom. The van der Waals surface area contributed by atoms with Crippen LogP contribution in [0.1, 0.15) is 17.3 Å². The number of nitrogens with zero attached hydrogens (tertiary/aromatic N) is 1. The van der Waals surface area contributed by atoms with Gasteiger partial charge >= 0.3 is 12.0 Å². The third-order valence-corrected chi connectivity index (χ3v) is 5.82. The third-order valence-electron chi connectivity index (χ3n) is 3.80. The first-order chi connectivity index (χ1) is 13.5. The van der Waals surface area contributed by atoms with Gasteiger partial charge in [-0.1, -0.05) is 23.7 Å². The zero-order valence-corrected chi connectivity index (χ0v) is 17.0. The molecule has 0 saturated heterocycles. The van der Waals surface area contributed by atoms with Crippen LogP contribution < -0.4 is 15.4 Å². The maximum absolute atomic E-state index is 12.9. The maximum Gasteiger partial charge on any atom is 0.338 e. The van der Waals surface area contributed by atoms with E-state index in [2.05, 4.69) is 0 Å². The standard InChI is InChI=1S/C18H18ClN3O6S/c1-11(16(23)21-18(20)25)28-17(24)12-5-3-8-15(9-12)29(26,27)22(2)14-7-4-6-13(19)10-14/h3-11H,1-2H3,(H3,20,21,23,25). The van der Waals surface area contributed by atoms with E-state index in [1.54, 1.807) is 23.5 Å². The van der Waals surface area contributed by atoms with Crippen LogP contribution in [0.3, 0.4) is 0 Å². The number of halogens is 1. The van der Waals surface area contributed by atoms with Gasteiger partial charge in [-0.05, 0) is 43.3 Å². The Balaban J connectivity index is 2.24. The van der Waals surface area contributed by atoms with Crippen molar-refractivity contribution in [3.05, 3.63) is 59.1 Å². The molecule has 3 amide bonds. The lowest BCUT2D eigenvalue weighted by Crippen LogP contribution is -2.42. The zero-order valence-electron chi connectivity index (χ0n) is 15.5. The van der Waals surface area contributed by atoms with Gasteiger partial charge in [0, 0.05) is 12.1 Å². The summed E-state index contributed by atoms with van der Waals surface area (Å²) in [5.41, 5.74) is 5.08. The first-order valence-corrected chi connectivity index (χ1v) is 10.00. The molecule has 0 aliphatic carbocycles. The highest BCUT2D eigenvalue weighted by Gasteiger charge is 2.24. The average Bonchev–Trinajstić information content (AvgIpc) is 2.66. The molecule has 0 heterocycles. The summed E-state index contributed by atoms with van der Waals surface area (Å²) < 4.78 is 31.7. The number of amides is 3. The van der Waals surface area contributed by atoms with E-state index in [1.165, 1.54) is 38.2 Å². The summed E-state index contributed by atoms with van der Waals surface area (Å²) in [5, 5.41) is 2.15. The molecule has 3 N–H and O–H groups in total. The molecule has 1 unspecified atom stereocenters. The molecule has 2 rings (SSSR count). The summed E-state index contributed by atoms with van der Waals surface area (Å²) in [7, 11) is -2.65. The normalized spacial score (nSPS) is 12.0. The number of anilines is 1. The van der Waals surface area contributed by atoms with Crippen LogP contribution in [0, 0.1) is 0 Å². The van der Waals surface area contributed by atoms with Crippen molar-refractivity contribution in [3.63, 3.8) is 0 Å². The number of hydrogen-bond acceptors (Lipinski definition) is 6. The number of ether oxygens (including phenoxy) is 1. The van der Waals surface area contributed by atoms with Crippen LogP contribution in [0.25, 0.3) is 0 Å². The Hall–Kier alpha value is -3.11. The highest BCUT2D eigenvalue weighted by atomic mass is 35.5. The lowest BCUT2D eigenvalue weighted by molar-refractivity contribution is -0.127. The Morgan fingerprint density at radius 2 is 1.79 bits per heavy atom. The van der Waals surface area contributed by atoms with Crippen LogP contribution in [-0.4, -0.2) is 39.5 Å². The lowest BCUT2D eigenvalue weighted by atomic mass is 10.2. The summed E-state index contributed by atoms with van der Waals surface area (Å²) >= 11 is 5.91. The van der Waals surface area contributed by atoms with Crippen LogP contribution in [0.2, 0.25) is 5.02 Å². The van der Waals surface area contributed by atoms with Crippen LogP contribution in [0.4, 0.5) is 10.5 Å². The number of primary amides is 1. The van der Waals surface area contributed by atoms with Gasteiger partial charge in [-0.2, -0.15) is 0 Å². The van der Waals surface area contributed by atoms with Gasteiger partial charge in [0.15, 0.2) is 6.10 Å². The highest BCUT2D eigenvalue weighted by molar-refractivity contribution is 7.92. The molecule has 2 aromatic carbocycles. The van der Waals surface area contributed by atoms with Gasteiger partial charge < -0.3 is 10.5 Å².